The van der Waals surface area contributed by atoms with Crippen LogP contribution in [0.15, 0.2) is 35.4 Å². The second-order valence-corrected chi connectivity index (χ2v) is 7.17. The van der Waals surface area contributed by atoms with E-state index >= 15 is 0 Å². The van der Waals surface area contributed by atoms with Crippen molar-refractivity contribution in [3.05, 3.63) is 47.5 Å². The fraction of sp³-hybridized carbons (Fsp3) is 0.471. The summed E-state index contributed by atoms with van der Waals surface area (Å²) in [5.41, 5.74) is 2.84. The summed E-state index contributed by atoms with van der Waals surface area (Å²) in [6.07, 6.45) is 4.71. The van der Waals surface area contributed by atoms with E-state index in [0.29, 0.717) is 5.92 Å². The van der Waals surface area contributed by atoms with E-state index in [1.165, 1.54) is 34.7 Å². The first kappa shape index (κ1) is 13.4. The van der Waals surface area contributed by atoms with Crippen LogP contribution in [-0.2, 0) is 13.1 Å². The van der Waals surface area contributed by atoms with Crippen LogP contribution in [0.25, 0.3) is 0 Å². The highest BCUT2D eigenvalue weighted by Crippen LogP contribution is 2.40. The molecule has 1 aliphatic heterocycles. The molecule has 1 atom stereocenters. The molecule has 1 aromatic heterocycles. The molecule has 2 aliphatic rings. The number of nitrogens with one attached hydrogen (secondary N) is 1. The normalized spacial score (nSPS) is 20.7. The topological polar surface area (TPSA) is 29.9 Å². The van der Waals surface area contributed by atoms with Crippen molar-refractivity contribution in [1.29, 1.82) is 0 Å². The summed E-state index contributed by atoms with van der Waals surface area (Å²) in [4.78, 5) is 5.99. The van der Waals surface area contributed by atoms with Crippen molar-refractivity contribution < 1.29 is 0 Å². The number of aromatic nitrogens is 2. The minimum Gasteiger partial charge on any atom is -0.330 e. The van der Waals surface area contributed by atoms with Crippen LogP contribution >= 0.6 is 11.8 Å². The summed E-state index contributed by atoms with van der Waals surface area (Å²) in [7, 11) is 0. The van der Waals surface area contributed by atoms with E-state index in [0.717, 1.165) is 25.0 Å². The molecule has 0 radical (unpaired) electrons. The van der Waals surface area contributed by atoms with Crippen molar-refractivity contribution in [1.82, 2.24) is 14.9 Å². The summed E-state index contributed by atoms with van der Waals surface area (Å²) in [5.74, 6) is 2.93. The Kier molecular flexibility index (Phi) is 3.51. The van der Waals surface area contributed by atoms with Gasteiger partial charge >= 0.3 is 0 Å². The summed E-state index contributed by atoms with van der Waals surface area (Å²) in [6.45, 7) is 4.12. The lowest BCUT2D eigenvalue weighted by atomic mass is 10.0. The fourth-order valence-electron chi connectivity index (χ4n) is 3.04. The van der Waals surface area contributed by atoms with Crippen LogP contribution < -0.4 is 5.32 Å². The van der Waals surface area contributed by atoms with Crippen molar-refractivity contribution in [2.75, 3.05) is 5.75 Å². The van der Waals surface area contributed by atoms with Gasteiger partial charge in [0.15, 0.2) is 0 Å². The molecule has 1 N–H and O–H groups in total. The first-order valence-electron chi connectivity index (χ1n) is 7.77. The molecule has 3 nitrogen and oxygen atoms in total. The molecule has 1 fully saturated rings. The second kappa shape index (κ2) is 5.50. The molecule has 1 saturated carbocycles. The van der Waals surface area contributed by atoms with Gasteiger partial charge in [0, 0.05) is 41.9 Å². The predicted octanol–water partition coefficient (Wildman–Crippen LogP) is 3.33. The average molecular weight is 299 g/mol. The summed E-state index contributed by atoms with van der Waals surface area (Å²) in [6, 6.07) is 9.58. The van der Waals surface area contributed by atoms with Crippen LogP contribution in [0.2, 0.25) is 0 Å². The molecule has 2 aromatic rings. The van der Waals surface area contributed by atoms with Gasteiger partial charge in [0.05, 0.1) is 5.69 Å². The van der Waals surface area contributed by atoms with E-state index in [-0.39, 0.29) is 0 Å². The van der Waals surface area contributed by atoms with E-state index in [4.69, 9.17) is 0 Å². The standard InChI is InChI=1S/C17H21N3S/c1-12-18-8-15(9-19-14-6-7-14)20(12)10-13-11-21-17-5-3-2-4-16(13)17/h2-5,8,13-14,19H,6-7,9-11H2,1H3. The van der Waals surface area contributed by atoms with Crippen molar-refractivity contribution in [2.24, 2.45) is 0 Å². The molecule has 0 amide bonds. The molecule has 110 valence electrons. The lowest BCUT2D eigenvalue weighted by Gasteiger charge is -2.16. The van der Waals surface area contributed by atoms with Crippen LogP contribution in [-0.4, -0.2) is 21.3 Å². The Morgan fingerprint density at radius 3 is 3.05 bits per heavy atom. The molecule has 21 heavy (non-hydrogen) atoms. The molecule has 0 spiro atoms. The van der Waals surface area contributed by atoms with Crippen LogP contribution in [0, 0.1) is 6.92 Å². The fourth-order valence-corrected chi connectivity index (χ4v) is 4.28. The summed E-state index contributed by atoms with van der Waals surface area (Å²) >= 11 is 1.99. The quantitative estimate of drug-likeness (QED) is 0.918. The smallest absolute Gasteiger partial charge is 0.105 e. The first-order valence-corrected chi connectivity index (χ1v) is 8.76. The lowest BCUT2D eigenvalue weighted by molar-refractivity contribution is 0.550. The van der Waals surface area contributed by atoms with Crippen LogP contribution in [0.5, 0.6) is 0 Å². The second-order valence-electron chi connectivity index (χ2n) is 6.11. The number of hydrogen-bond donors (Lipinski definition) is 1. The Hall–Kier alpha value is -1.26. The highest BCUT2D eigenvalue weighted by molar-refractivity contribution is 7.99. The number of benzene rings is 1. The van der Waals surface area contributed by atoms with Gasteiger partial charge < -0.3 is 9.88 Å². The number of fused-ring (bicyclic) bond motifs is 1. The maximum Gasteiger partial charge on any atom is 0.105 e. The van der Waals surface area contributed by atoms with Gasteiger partial charge in [-0.2, -0.15) is 0 Å². The molecule has 1 aromatic carbocycles. The number of rotatable bonds is 5. The average Bonchev–Trinajstić information content (AvgIpc) is 3.16. The van der Waals surface area contributed by atoms with Gasteiger partial charge in [0.25, 0.3) is 0 Å². The third-order valence-electron chi connectivity index (χ3n) is 4.49. The Bertz CT molecular complexity index is 645. The van der Waals surface area contributed by atoms with Gasteiger partial charge in [-0.25, -0.2) is 4.98 Å². The maximum atomic E-state index is 4.53. The van der Waals surface area contributed by atoms with Crippen molar-refractivity contribution in [3.63, 3.8) is 0 Å². The lowest BCUT2D eigenvalue weighted by Crippen LogP contribution is -2.20. The van der Waals surface area contributed by atoms with Crippen molar-refractivity contribution >= 4 is 11.8 Å². The van der Waals surface area contributed by atoms with Crippen LogP contribution in [0.3, 0.4) is 0 Å². The van der Waals surface area contributed by atoms with Crippen molar-refractivity contribution in [3.8, 4) is 0 Å². The molecule has 0 bridgehead atoms. The first-order chi connectivity index (χ1) is 10.3. The molecular weight excluding hydrogens is 278 g/mol. The van der Waals surface area contributed by atoms with E-state index in [2.05, 4.69) is 46.1 Å². The Balaban J connectivity index is 1.53. The zero-order valence-corrected chi connectivity index (χ0v) is 13.2. The van der Waals surface area contributed by atoms with Gasteiger partial charge in [-0.1, -0.05) is 18.2 Å². The Morgan fingerprint density at radius 2 is 2.19 bits per heavy atom. The zero-order valence-electron chi connectivity index (χ0n) is 12.4. The summed E-state index contributed by atoms with van der Waals surface area (Å²) in [5, 5.41) is 3.60. The third-order valence-corrected chi connectivity index (χ3v) is 5.74. The largest absolute Gasteiger partial charge is 0.330 e. The minimum atomic E-state index is 0.610. The number of thioether (sulfide) groups is 1. The third kappa shape index (κ3) is 2.74. The highest BCUT2D eigenvalue weighted by Gasteiger charge is 2.25. The van der Waals surface area contributed by atoms with Crippen LogP contribution in [0.4, 0.5) is 0 Å². The minimum absolute atomic E-state index is 0.610. The molecule has 1 aliphatic carbocycles. The number of imidazole rings is 1. The maximum absolute atomic E-state index is 4.53. The Morgan fingerprint density at radius 1 is 1.33 bits per heavy atom. The molecule has 4 rings (SSSR count). The summed E-state index contributed by atoms with van der Waals surface area (Å²) < 4.78 is 2.41. The van der Waals surface area contributed by atoms with E-state index in [9.17, 15) is 0 Å². The Labute approximate surface area is 130 Å². The molecule has 0 saturated heterocycles. The predicted molar refractivity (Wildman–Crippen MR) is 86.7 cm³/mol. The highest BCUT2D eigenvalue weighted by atomic mass is 32.2. The van der Waals surface area contributed by atoms with Gasteiger partial charge in [0.2, 0.25) is 0 Å². The molecular formula is C17H21N3S. The van der Waals surface area contributed by atoms with E-state index < -0.39 is 0 Å². The van der Waals surface area contributed by atoms with E-state index in [1.54, 1.807) is 0 Å². The van der Waals surface area contributed by atoms with Crippen molar-refractivity contribution in [2.45, 2.75) is 49.7 Å². The molecule has 1 unspecified atom stereocenters. The van der Waals surface area contributed by atoms with Gasteiger partial charge in [0.1, 0.15) is 5.82 Å². The van der Waals surface area contributed by atoms with Crippen LogP contribution in [0.1, 0.15) is 35.8 Å². The number of hydrogen-bond acceptors (Lipinski definition) is 3. The zero-order chi connectivity index (χ0) is 14.2. The monoisotopic (exact) mass is 299 g/mol. The molecule has 4 heteroatoms. The number of nitrogens with zero attached hydrogens (tertiary/aromatic N) is 2. The van der Waals surface area contributed by atoms with Gasteiger partial charge in [-0.15, -0.1) is 11.8 Å². The van der Waals surface area contributed by atoms with Gasteiger partial charge in [-0.3, -0.25) is 0 Å². The SMILES string of the molecule is Cc1ncc(CNC2CC2)n1CC1CSc2ccccc21. The van der Waals surface area contributed by atoms with E-state index in [1.807, 2.05) is 18.0 Å². The number of aryl methyl sites for hydroxylation is 1. The van der Waals surface area contributed by atoms with Gasteiger partial charge in [-0.05, 0) is 31.4 Å². The molecule has 2 heterocycles.